The van der Waals surface area contributed by atoms with Gasteiger partial charge >= 0.3 is 0 Å². The van der Waals surface area contributed by atoms with Crippen LogP contribution in [0.5, 0.6) is 0 Å². The van der Waals surface area contributed by atoms with Crippen LogP contribution < -0.4 is 5.32 Å². The first-order chi connectivity index (χ1) is 15.4. The van der Waals surface area contributed by atoms with E-state index in [1.807, 2.05) is 69.3 Å². The van der Waals surface area contributed by atoms with Crippen LogP contribution in [0.2, 0.25) is 5.02 Å². The highest BCUT2D eigenvalue weighted by Gasteiger charge is 2.16. The standard InChI is InChI=1S/C24H22ClN3O2S2/c1-14-20(15(2)30-28-14)13-31-21-7-5-4-6-19(21)24(29)26-12-22-27-23(16(3)32-22)17-8-10-18(25)11-9-17/h4-11H,12-13H2,1-3H3,(H,26,29). The lowest BCUT2D eigenvalue weighted by Gasteiger charge is -2.09. The Morgan fingerprint density at radius 3 is 2.59 bits per heavy atom. The van der Waals surface area contributed by atoms with Crippen LogP contribution in [0, 0.1) is 20.8 Å². The Morgan fingerprint density at radius 1 is 1.12 bits per heavy atom. The summed E-state index contributed by atoms with van der Waals surface area (Å²) in [7, 11) is 0. The second kappa shape index (κ2) is 9.90. The molecule has 4 aromatic rings. The monoisotopic (exact) mass is 483 g/mol. The highest BCUT2D eigenvalue weighted by atomic mass is 35.5. The van der Waals surface area contributed by atoms with Crippen molar-refractivity contribution in [3.63, 3.8) is 0 Å². The minimum Gasteiger partial charge on any atom is -0.361 e. The topological polar surface area (TPSA) is 68.0 Å². The summed E-state index contributed by atoms with van der Waals surface area (Å²) in [4.78, 5) is 19.7. The summed E-state index contributed by atoms with van der Waals surface area (Å²) >= 11 is 9.18. The molecule has 0 saturated carbocycles. The number of hydrogen-bond acceptors (Lipinski definition) is 6. The van der Waals surface area contributed by atoms with E-state index in [1.165, 1.54) is 0 Å². The third-order valence-electron chi connectivity index (χ3n) is 5.04. The zero-order valence-electron chi connectivity index (χ0n) is 17.9. The number of rotatable bonds is 7. The summed E-state index contributed by atoms with van der Waals surface area (Å²) in [5, 5.41) is 8.58. The molecule has 0 unspecified atom stereocenters. The molecule has 1 amide bonds. The van der Waals surface area contributed by atoms with Gasteiger partial charge in [0.25, 0.3) is 5.91 Å². The molecule has 0 fully saturated rings. The fourth-order valence-electron chi connectivity index (χ4n) is 3.29. The normalized spacial score (nSPS) is 11.0. The number of benzene rings is 2. The van der Waals surface area contributed by atoms with E-state index >= 15 is 0 Å². The number of thiazole rings is 1. The summed E-state index contributed by atoms with van der Waals surface area (Å²) in [5.41, 5.74) is 4.54. The van der Waals surface area contributed by atoms with Gasteiger partial charge in [-0.05, 0) is 45.0 Å². The second-order valence-electron chi connectivity index (χ2n) is 7.29. The van der Waals surface area contributed by atoms with Gasteiger partial charge < -0.3 is 9.84 Å². The van der Waals surface area contributed by atoms with Crippen LogP contribution in [-0.4, -0.2) is 16.0 Å². The molecule has 0 bridgehead atoms. The first-order valence-corrected chi connectivity index (χ1v) is 12.2. The van der Waals surface area contributed by atoms with Crippen LogP contribution in [0.3, 0.4) is 0 Å². The number of nitrogens with zero attached hydrogens (tertiary/aromatic N) is 2. The minimum atomic E-state index is -0.118. The second-order valence-corrected chi connectivity index (χ2v) is 10.0. The van der Waals surface area contributed by atoms with Crippen LogP contribution >= 0.6 is 34.7 Å². The molecule has 0 aliphatic rings. The Labute approximate surface area is 200 Å². The molecule has 0 saturated heterocycles. The van der Waals surface area contributed by atoms with Gasteiger partial charge in [0.05, 0.1) is 23.5 Å². The third-order valence-corrected chi connectivity index (χ3v) is 7.37. The highest BCUT2D eigenvalue weighted by molar-refractivity contribution is 7.98. The van der Waals surface area contributed by atoms with Gasteiger partial charge in [0, 0.05) is 31.7 Å². The van der Waals surface area contributed by atoms with Crippen LogP contribution in [0.15, 0.2) is 57.9 Å². The van der Waals surface area contributed by atoms with Gasteiger partial charge in [-0.1, -0.05) is 41.0 Å². The predicted molar refractivity (Wildman–Crippen MR) is 130 cm³/mol. The number of carbonyl (C=O) groups is 1. The number of halogens is 1. The highest BCUT2D eigenvalue weighted by Crippen LogP contribution is 2.30. The summed E-state index contributed by atoms with van der Waals surface area (Å²) in [5.74, 6) is 1.39. The van der Waals surface area contributed by atoms with Crippen molar-refractivity contribution in [2.75, 3.05) is 0 Å². The number of aromatic nitrogens is 2. The summed E-state index contributed by atoms with van der Waals surface area (Å²) in [6.07, 6.45) is 0. The molecule has 0 radical (unpaired) electrons. The third kappa shape index (κ3) is 5.06. The lowest BCUT2D eigenvalue weighted by atomic mass is 10.1. The van der Waals surface area contributed by atoms with Crippen LogP contribution in [0.25, 0.3) is 11.3 Å². The number of thioether (sulfide) groups is 1. The fraction of sp³-hybridized carbons (Fsp3) is 0.208. The van der Waals surface area contributed by atoms with Gasteiger partial charge in [-0.3, -0.25) is 4.79 Å². The Balaban J connectivity index is 1.44. The smallest absolute Gasteiger partial charge is 0.252 e. The largest absolute Gasteiger partial charge is 0.361 e. The molecular formula is C24H22ClN3O2S2. The van der Waals surface area contributed by atoms with Crippen molar-refractivity contribution >= 4 is 40.6 Å². The van der Waals surface area contributed by atoms with Gasteiger partial charge in [0.15, 0.2) is 0 Å². The van der Waals surface area contributed by atoms with Crippen molar-refractivity contribution in [2.24, 2.45) is 0 Å². The Hall–Kier alpha value is -2.61. The molecule has 2 aromatic carbocycles. The maximum atomic E-state index is 12.9. The molecule has 1 N–H and O–H groups in total. The van der Waals surface area contributed by atoms with Crippen molar-refractivity contribution in [2.45, 2.75) is 38.0 Å². The summed E-state index contributed by atoms with van der Waals surface area (Å²) in [6, 6.07) is 15.2. The first-order valence-electron chi connectivity index (χ1n) is 10.1. The Morgan fingerprint density at radius 2 is 1.88 bits per heavy atom. The van der Waals surface area contributed by atoms with Gasteiger partial charge in [-0.2, -0.15) is 0 Å². The molecule has 32 heavy (non-hydrogen) atoms. The Kier molecular flexibility index (Phi) is 6.98. The molecule has 2 heterocycles. The zero-order chi connectivity index (χ0) is 22.7. The average Bonchev–Trinajstić information content (AvgIpc) is 3.32. The fourth-order valence-corrected chi connectivity index (χ4v) is 5.52. The van der Waals surface area contributed by atoms with E-state index in [2.05, 4.69) is 10.5 Å². The van der Waals surface area contributed by atoms with Crippen molar-refractivity contribution < 1.29 is 9.32 Å². The van der Waals surface area contributed by atoms with Crippen molar-refractivity contribution in [1.29, 1.82) is 0 Å². The molecule has 0 atom stereocenters. The van der Waals surface area contributed by atoms with Crippen LogP contribution in [0.1, 0.15) is 37.3 Å². The number of amides is 1. The van der Waals surface area contributed by atoms with E-state index < -0.39 is 0 Å². The van der Waals surface area contributed by atoms with E-state index in [-0.39, 0.29) is 5.91 Å². The molecule has 5 nitrogen and oxygen atoms in total. The van der Waals surface area contributed by atoms with Crippen LogP contribution in [0.4, 0.5) is 0 Å². The molecule has 0 aliphatic heterocycles. The molecule has 8 heteroatoms. The number of carbonyl (C=O) groups excluding carboxylic acids is 1. The van der Waals surface area contributed by atoms with E-state index in [1.54, 1.807) is 23.1 Å². The minimum absolute atomic E-state index is 0.118. The average molecular weight is 484 g/mol. The molecule has 0 spiro atoms. The SMILES string of the molecule is Cc1noc(C)c1CSc1ccccc1C(=O)NCc1nc(-c2ccc(Cl)cc2)c(C)s1. The number of aryl methyl sites for hydroxylation is 3. The lowest BCUT2D eigenvalue weighted by molar-refractivity contribution is 0.0948. The van der Waals surface area contributed by atoms with Gasteiger partial charge in [0.1, 0.15) is 10.8 Å². The Bertz CT molecular complexity index is 1230. The summed E-state index contributed by atoms with van der Waals surface area (Å²) in [6.45, 7) is 6.25. The molecular weight excluding hydrogens is 462 g/mol. The molecule has 0 aliphatic carbocycles. The van der Waals surface area contributed by atoms with Crippen LogP contribution in [-0.2, 0) is 12.3 Å². The van der Waals surface area contributed by atoms with E-state index in [4.69, 9.17) is 21.1 Å². The quantitative estimate of drug-likeness (QED) is 0.300. The zero-order valence-corrected chi connectivity index (χ0v) is 20.3. The van der Waals surface area contributed by atoms with E-state index in [0.717, 1.165) is 43.1 Å². The lowest BCUT2D eigenvalue weighted by Crippen LogP contribution is -2.23. The number of hydrogen-bond donors (Lipinski definition) is 1. The predicted octanol–water partition coefficient (Wildman–Crippen LogP) is 6.60. The summed E-state index contributed by atoms with van der Waals surface area (Å²) < 4.78 is 5.24. The van der Waals surface area contributed by atoms with E-state index in [9.17, 15) is 4.79 Å². The first kappa shape index (κ1) is 22.6. The van der Waals surface area contributed by atoms with Crippen molar-refractivity contribution in [3.8, 4) is 11.3 Å². The molecule has 4 rings (SSSR count). The van der Waals surface area contributed by atoms with E-state index in [0.29, 0.717) is 22.9 Å². The maximum absolute atomic E-state index is 12.9. The van der Waals surface area contributed by atoms with Gasteiger partial charge in [0.2, 0.25) is 0 Å². The molecule has 164 valence electrons. The van der Waals surface area contributed by atoms with Gasteiger partial charge in [-0.25, -0.2) is 4.98 Å². The van der Waals surface area contributed by atoms with Gasteiger partial charge in [-0.15, -0.1) is 23.1 Å². The number of nitrogens with one attached hydrogen (secondary N) is 1. The van der Waals surface area contributed by atoms with Crippen molar-refractivity contribution in [1.82, 2.24) is 15.5 Å². The molecule has 2 aromatic heterocycles. The van der Waals surface area contributed by atoms with Crippen molar-refractivity contribution in [3.05, 3.63) is 86.0 Å². The maximum Gasteiger partial charge on any atom is 0.252 e.